The van der Waals surface area contributed by atoms with Gasteiger partial charge in [-0.25, -0.2) is 0 Å². The number of rotatable bonds is 4. The average Bonchev–Trinajstić information content (AvgIpc) is 2.78. The van der Waals surface area contributed by atoms with Crippen LogP contribution in [-0.2, 0) is 4.79 Å². The Hall–Kier alpha value is -1.55. The highest BCUT2D eigenvalue weighted by Crippen LogP contribution is 2.26. The second-order valence-electron chi connectivity index (χ2n) is 3.98. The van der Waals surface area contributed by atoms with Crippen molar-refractivity contribution in [3.63, 3.8) is 0 Å². The third kappa shape index (κ3) is 2.17. The fourth-order valence-electron chi connectivity index (χ4n) is 2.18. The van der Waals surface area contributed by atoms with E-state index in [0.29, 0.717) is 6.41 Å². The highest BCUT2D eigenvalue weighted by atomic mass is 16.3. The largest absolute Gasteiger partial charge is 0.394 e. The highest BCUT2D eigenvalue weighted by molar-refractivity contribution is 5.72. The van der Waals surface area contributed by atoms with Crippen LogP contribution in [0.2, 0.25) is 0 Å². The Labute approximate surface area is 94.9 Å². The van der Waals surface area contributed by atoms with Crippen molar-refractivity contribution in [2.24, 2.45) is 0 Å². The molecule has 1 amide bonds. The SMILES string of the molecule is O=CNc1ccc(N2CCC[C@H]2CO)cc1. The molecular weight excluding hydrogens is 204 g/mol. The molecule has 0 radical (unpaired) electrons. The normalized spacial score (nSPS) is 19.8. The van der Waals surface area contributed by atoms with E-state index in [0.717, 1.165) is 30.8 Å². The summed E-state index contributed by atoms with van der Waals surface area (Å²) in [4.78, 5) is 12.5. The maximum atomic E-state index is 10.3. The molecule has 1 aromatic rings. The fraction of sp³-hybridized carbons (Fsp3) is 0.417. The molecule has 1 aromatic carbocycles. The number of amides is 1. The van der Waals surface area contributed by atoms with Crippen LogP contribution in [-0.4, -0.2) is 30.7 Å². The van der Waals surface area contributed by atoms with Gasteiger partial charge in [0.05, 0.1) is 12.6 Å². The zero-order valence-corrected chi connectivity index (χ0v) is 9.10. The van der Waals surface area contributed by atoms with Crippen LogP contribution < -0.4 is 10.2 Å². The average molecular weight is 220 g/mol. The fourth-order valence-corrected chi connectivity index (χ4v) is 2.18. The first-order chi connectivity index (χ1) is 7.85. The minimum Gasteiger partial charge on any atom is -0.394 e. The van der Waals surface area contributed by atoms with Gasteiger partial charge in [0.1, 0.15) is 0 Å². The quantitative estimate of drug-likeness (QED) is 0.750. The van der Waals surface area contributed by atoms with Crippen LogP contribution in [0.15, 0.2) is 24.3 Å². The topological polar surface area (TPSA) is 52.6 Å². The van der Waals surface area contributed by atoms with Gasteiger partial charge >= 0.3 is 0 Å². The van der Waals surface area contributed by atoms with Crippen LogP contribution >= 0.6 is 0 Å². The number of aliphatic hydroxyl groups excluding tert-OH is 1. The molecule has 4 heteroatoms. The van der Waals surface area contributed by atoms with Crippen LogP contribution in [0, 0.1) is 0 Å². The van der Waals surface area contributed by atoms with E-state index >= 15 is 0 Å². The zero-order valence-electron chi connectivity index (χ0n) is 9.10. The number of nitrogens with zero attached hydrogens (tertiary/aromatic N) is 1. The maximum absolute atomic E-state index is 10.3. The van der Waals surface area contributed by atoms with Gasteiger partial charge in [-0.05, 0) is 37.1 Å². The van der Waals surface area contributed by atoms with E-state index < -0.39 is 0 Å². The molecule has 1 saturated heterocycles. The van der Waals surface area contributed by atoms with E-state index in [1.54, 1.807) is 0 Å². The molecular formula is C12H16N2O2. The van der Waals surface area contributed by atoms with E-state index in [1.807, 2.05) is 24.3 Å². The molecule has 1 atom stereocenters. The third-order valence-corrected chi connectivity index (χ3v) is 3.01. The van der Waals surface area contributed by atoms with Gasteiger partial charge in [0.15, 0.2) is 0 Å². The predicted octanol–water partition coefficient (Wildman–Crippen LogP) is 1.22. The molecule has 0 aromatic heterocycles. The first-order valence-electron chi connectivity index (χ1n) is 5.53. The predicted molar refractivity (Wildman–Crippen MR) is 63.6 cm³/mol. The smallest absolute Gasteiger partial charge is 0.211 e. The van der Waals surface area contributed by atoms with E-state index in [2.05, 4.69) is 10.2 Å². The summed E-state index contributed by atoms with van der Waals surface area (Å²) in [6.07, 6.45) is 2.84. The first-order valence-corrected chi connectivity index (χ1v) is 5.53. The molecule has 2 rings (SSSR count). The monoisotopic (exact) mass is 220 g/mol. The molecule has 1 aliphatic heterocycles. The van der Waals surface area contributed by atoms with Crippen molar-refractivity contribution in [1.82, 2.24) is 0 Å². The minimum absolute atomic E-state index is 0.203. The summed E-state index contributed by atoms with van der Waals surface area (Å²) in [6.45, 7) is 1.19. The molecule has 0 spiro atoms. The lowest BCUT2D eigenvalue weighted by atomic mass is 10.2. The summed E-state index contributed by atoms with van der Waals surface area (Å²) in [5.41, 5.74) is 1.89. The standard InChI is InChI=1S/C12H16N2O2/c15-8-12-2-1-7-14(12)11-5-3-10(4-6-11)13-9-16/h3-6,9,12,15H,1-2,7-8H2,(H,13,16)/t12-/m0/s1. The van der Waals surface area contributed by atoms with Crippen LogP contribution in [0.1, 0.15) is 12.8 Å². The highest BCUT2D eigenvalue weighted by Gasteiger charge is 2.23. The van der Waals surface area contributed by atoms with Crippen LogP contribution in [0.4, 0.5) is 11.4 Å². The lowest BCUT2D eigenvalue weighted by molar-refractivity contribution is -0.105. The van der Waals surface area contributed by atoms with Gasteiger partial charge in [0.25, 0.3) is 0 Å². The van der Waals surface area contributed by atoms with E-state index in [9.17, 15) is 9.90 Å². The zero-order chi connectivity index (χ0) is 11.4. The number of nitrogens with one attached hydrogen (secondary N) is 1. The second kappa shape index (κ2) is 4.99. The Morgan fingerprint density at radius 3 is 2.81 bits per heavy atom. The van der Waals surface area contributed by atoms with E-state index in [1.165, 1.54) is 0 Å². The molecule has 2 N–H and O–H groups in total. The van der Waals surface area contributed by atoms with Crippen molar-refractivity contribution in [2.75, 3.05) is 23.4 Å². The number of anilines is 2. The molecule has 1 fully saturated rings. The summed E-state index contributed by atoms with van der Waals surface area (Å²) >= 11 is 0. The van der Waals surface area contributed by atoms with Gasteiger partial charge in [-0.2, -0.15) is 0 Å². The Morgan fingerprint density at radius 1 is 1.44 bits per heavy atom. The number of aliphatic hydroxyl groups is 1. The van der Waals surface area contributed by atoms with Gasteiger partial charge in [-0.3, -0.25) is 4.79 Å². The van der Waals surface area contributed by atoms with Crippen molar-refractivity contribution < 1.29 is 9.90 Å². The molecule has 0 aliphatic carbocycles. The molecule has 1 heterocycles. The summed E-state index contributed by atoms with van der Waals surface area (Å²) in [5.74, 6) is 0. The van der Waals surface area contributed by atoms with Crippen molar-refractivity contribution >= 4 is 17.8 Å². The Bertz CT molecular complexity index is 351. The number of hydrogen-bond donors (Lipinski definition) is 2. The Balaban J connectivity index is 2.11. The summed E-state index contributed by atoms with van der Waals surface area (Å²) in [6, 6.07) is 7.93. The molecule has 16 heavy (non-hydrogen) atoms. The van der Waals surface area contributed by atoms with Crippen LogP contribution in [0.25, 0.3) is 0 Å². The first kappa shape index (κ1) is 11.0. The van der Waals surface area contributed by atoms with Gasteiger partial charge in [-0.1, -0.05) is 0 Å². The van der Waals surface area contributed by atoms with E-state index in [-0.39, 0.29) is 12.6 Å². The number of carbonyl (C=O) groups excluding carboxylic acids is 1. The lowest BCUT2D eigenvalue weighted by Crippen LogP contribution is -2.31. The van der Waals surface area contributed by atoms with Crippen molar-refractivity contribution in [3.8, 4) is 0 Å². The molecule has 0 saturated carbocycles. The van der Waals surface area contributed by atoms with Crippen LogP contribution in [0.5, 0.6) is 0 Å². The van der Waals surface area contributed by atoms with Crippen LogP contribution in [0.3, 0.4) is 0 Å². The lowest BCUT2D eigenvalue weighted by Gasteiger charge is -2.25. The summed E-state index contributed by atoms with van der Waals surface area (Å²) in [5, 5.41) is 11.8. The van der Waals surface area contributed by atoms with Gasteiger partial charge in [0.2, 0.25) is 6.41 Å². The second-order valence-corrected chi connectivity index (χ2v) is 3.98. The van der Waals surface area contributed by atoms with Gasteiger partial charge < -0.3 is 15.3 Å². The van der Waals surface area contributed by atoms with Gasteiger partial charge in [0, 0.05) is 17.9 Å². The molecule has 1 aliphatic rings. The van der Waals surface area contributed by atoms with Crippen molar-refractivity contribution in [2.45, 2.75) is 18.9 Å². The van der Waals surface area contributed by atoms with Crippen molar-refractivity contribution in [3.05, 3.63) is 24.3 Å². The molecule has 0 bridgehead atoms. The number of benzene rings is 1. The number of hydrogen-bond acceptors (Lipinski definition) is 3. The van der Waals surface area contributed by atoms with E-state index in [4.69, 9.17) is 0 Å². The maximum Gasteiger partial charge on any atom is 0.211 e. The Kier molecular flexibility index (Phi) is 3.41. The minimum atomic E-state index is 0.203. The number of carbonyl (C=O) groups is 1. The summed E-state index contributed by atoms with van der Waals surface area (Å²) < 4.78 is 0. The van der Waals surface area contributed by atoms with Crippen molar-refractivity contribution in [1.29, 1.82) is 0 Å². The van der Waals surface area contributed by atoms with Gasteiger partial charge in [-0.15, -0.1) is 0 Å². The Morgan fingerprint density at radius 2 is 2.19 bits per heavy atom. The molecule has 86 valence electrons. The molecule has 4 nitrogen and oxygen atoms in total. The molecule has 0 unspecified atom stereocenters. The third-order valence-electron chi connectivity index (χ3n) is 3.01. The summed E-state index contributed by atoms with van der Waals surface area (Å²) in [7, 11) is 0.